The number of hydrogen-bond acceptors (Lipinski definition) is 8. The van der Waals surface area contributed by atoms with Crippen LogP contribution in [-0.4, -0.2) is 27.6 Å². The molecular formula is C17H12Cl2N4O4S2. The number of aromatic nitrogens is 2. The van der Waals surface area contributed by atoms with E-state index in [4.69, 9.17) is 27.9 Å². The first-order chi connectivity index (χ1) is 13.9. The molecule has 0 aliphatic rings. The molecule has 0 unspecified atom stereocenters. The van der Waals surface area contributed by atoms with Crippen molar-refractivity contribution in [3.8, 4) is 5.75 Å². The van der Waals surface area contributed by atoms with E-state index in [1.165, 1.54) is 41.3 Å². The molecule has 12 heteroatoms. The SMILES string of the molecule is O=C(COc1ccccc1[N+](=O)[O-])Nc1nnc(SCc2ccc(Cl)cc2Cl)s1. The number of para-hydroxylation sites is 2. The largest absolute Gasteiger partial charge is 0.477 e. The molecule has 29 heavy (non-hydrogen) atoms. The zero-order valence-corrected chi connectivity index (χ0v) is 17.6. The second-order valence-corrected chi connectivity index (χ2v) is 8.50. The molecule has 0 bridgehead atoms. The van der Waals surface area contributed by atoms with Crippen molar-refractivity contribution < 1.29 is 14.5 Å². The molecule has 0 aliphatic heterocycles. The summed E-state index contributed by atoms with van der Waals surface area (Å²) < 4.78 is 5.88. The lowest BCUT2D eigenvalue weighted by Crippen LogP contribution is -2.20. The zero-order valence-electron chi connectivity index (χ0n) is 14.5. The van der Waals surface area contributed by atoms with Crippen LogP contribution in [0.4, 0.5) is 10.8 Å². The normalized spacial score (nSPS) is 10.6. The van der Waals surface area contributed by atoms with Gasteiger partial charge >= 0.3 is 5.69 Å². The molecule has 0 saturated heterocycles. The van der Waals surface area contributed by atoms with Crippen LogP contribution >= 0.6 is 46.3 Å². The van der Waals surface area contributed by atoms with E-state index in [1.807, 2.05) is 6.07 Å². The number of ether oxygens (including phenoxy) is 1. The number of halogens is 2. The predicted molar refractivity (Wildman–Crippen MR) is 113 cm³/mol. The number of hydrogen-bond donors (Lipinski definition) is 1. The molecule has 1 amide bonds. The minimum atomic E-state index is -0.575. The van der Waals surface area contributed by atoms with Crippen LogP contribution < -0.4 is 10.1 Å². The second kappa shape index (κ2) is 9.88. The van der Waals surface area contributed by atoms with Crippen molar-refractivity contribution in [3.63, 3.8) is 0 Å². The van der Waals surface area contributed by atoms with E-state index in [-0.39, 0.29) is 11.4 Å². The zero-order chi connectivity index (χ0) is 20.8. The van der Waals surface area contributed by atoms with Gasteiger partial charge in [0.2, 0.25) is 5.13 Å². The minimum absolute atomic E-state index is 0.0148. The molecule has 1 N–H and O–H groups in total. The fourth-order valence-corrected chi connectivity index (χ4v) is 4.45. The summed E-state index contributed by atoms with van der Waals surface area (Å²) in [6, 6.07) is 11.1. The Balaban J connectivity index is 1.52. The molecule has 0 aliphatic carbocycles. The van der Waals surface area contributed by atoms with Crippen LogP contribution in [0.25, 0.3) is 0 Å². The van der Waals surface area contributed by atoms with Gasteiger partial charge in [-0.15, -0.1) is 10.2 Å². The average molecular weight is 471 g/mol. The molecule has 0 radical (unpaired) electrons. The third-order valence-electron chi connectivity index (χ3n) is 3.44. The number of thioether (sulfide) groups is 1. The predicted octanol–water partition coefficient (Wildman–Crippen LogP) is 5.06. The van der Waals surface area contributed by atoms with Crippen molar-refractivity contribution in [1.29, 1.82) is 0 Å². The van der Waals surface area contributed by atoms with Gasteiger partial charge in [-0.25, -0.2) is 0 Å². The molecule has 0 fully saturated rings. The van der Waals surface area contributed by atoms with Gasteiger partial charge in [0, 0.05) is 21.9 Å². The third kappa shape index (κ3) is 6.04. The van der Waals surface area contributed by atoms with Crippen LogP contribution in [0.15, 0.2) is 46.8 Å². The van der Waals surface area contributed by atoms with E-state index < -0.39 is 17.4 Å². The number of nitrogens with one attached hydrogen (secondary N) is 1. The highest BCUT2D eigenvalue weighted by Gasteiger charge is 2.16. The number of rotatable bonds is 8. The topological polar surface area (TPSA) is 107 Å². The van der Waals surface area contributed by atoms with E-state index in [2.05, 4.69) is 15.5 Å². The van der Waals surface area contributed by atoms with Gasteiger partial charge in [-0.05, 0) is 23.8 Å². The first kappa shape index (κ1) is 21.3. The summed E-state index contributed by atoms with van der Waals surface area (Å²) in [5.41, 5.74) is 0.690. The van der Waals surface area contributed by atoms with Crippen molar-refractivity contribution in [3.05, 3.63) is 68.2 Å². The third-order valence-corrected chi connectivity index (χ3v) is 6.05. The smallest absolute Gasteiger partial charge is 0.310 e. The summed E-state index contributed by atoms with van der Waals surface area (Å²) in [5, 5.41) is 22.8. The average Bonchev–Trinajstić information content (AvgIpc) is 3.13. The van der Waals surface area contributed by atoms with Gasteiger partial charge < -0.3 is 4.74 Å². The number of amides is 1. The molecule has 2 aromatic carbocycles. The molecule has 0 spiro atoms. The second-order valence-electron chi connectivity index (χ2n) is 5.46. The van der Waals surface area contributed by atoms with Crippen LogP contribution in [0.2, 0.25) is 10.0 Å². The number of carbonyl (C=O) groups excluding carboxylic acids is 1. The number of nitro groups is 1. The molecular weight excluding hydrogens is 459 g/mol. The van der Waals surface area contributed by atoms with Crippen LogP contribution in [0.5, 0.6) is 5.75 Å². The van der Waals surface area contributed by atoms with E-state index in [0.717, 1.165) is 5.56 Å². The summed E-state index contributed by atoms with van der Waals surface area (Å²) in [6.45, 7) is -0.396. The highest BCUT2D eigenvalue weighted by atomic mass is 35.5. The Morgan fingerprint density at radius 2 is 2.03 bits per heavy atom. The Morgan fingerprint density at radius 3 is 2.79 bits per heavy atom. The van der Waals surface area contributed by atoms with Crippen molar-refractivity contribution in [1.82, 2.24) is 10.2 Å². The number of anilines is 1. The Labute approximate surface area is 183 Å². The first-order valence-electron chi connectivity index (χ1n) is 7.98. The van der Waals surface area contributed by atoms with E-state index in [9.17, 15) is 14.9 Å². The fraction of sp³-hybridized carbons (Fsp3) is 0.118. The Bertz CT molecular complexity index is 1050. The van der Waals surface area contributed by atoms with Crippen LogP contribution in [0.3, 0.4) is 0 Å². The van der Waals surface area contributed by atoms with Crippen LogP contribution in [0.1, 0.15) is 5.56 Å². The molecule has 0 atom stereocenters. The van der Waals surface area contributed by atoms with Crippen molar-refractivity contribution in [2.24, 2.45) is 0 Å². The summed E-state index contributed by atoms with van der Waals surface area (Å²) >= 11 is 14.6. The lowest BCUT2D eigenvalue weighted by atomic mass is 10.2. The number of nitrogens with zero attached hydrogens (tertiary/aromatic N) is 3. The number of nitro benzene ring substituents is 1. The van der Waals surface area contributed by atoms with Crippen molar-refractivity contribution >= 4 is 63.0 Å². The van der Waals surface area contributed by atoms with E-state index >= 15 is 0 Å². The molecule has 1 aromatic heterocycles. The van der Waals surface area contributed by atoms with Gasteiger partial charge in [-0.2, -0.15) is 0 Å². The van der Waals surface area contributed by atoms with E-state index in [1.54, 1.807) is 18.2 Å². The Morgan fingerprint density at radius 1 is 1.24 bits per heavy atom. The maximum atomic E-state index is 12.0. The molecule has 1 heterocycles. The van der Waals surface area contributed by atoms with Gasteiger partial charge in [-0.1, -0.05) is 64.5 Å². The fourth-order valence-electron chi connectivity index (χ4n) is 2.13. The van der Waals surface area contributed by atoms with Crippen molar-refractivity contribution in [2.75, 3.05) is 11.9 Å². The highest BCUT2D eigenvalue weighted by Crippen LogP contribution is 2.31. The maximum Gasteiger partial charge on any atom is 0.310 e. The van der Waals surface area contributed by atoms with Gasteiger partial charge in [0.25, 0.3) is 5.91 Å². The van der Waals surface area contributed by atoms with Gasteiger partial charge in [0.1, 0.15) is 0 Å². The lowest BCUT2D eigenvalue weighted by molar-refractivity contribution is -0.385. The molecule has 3 rings (SSSR count). The molecule has 150 valence electrons. The number of carbonyl (C=O) groups is 1. The minimum Gasteiger partial charge on any atom is -0.477 e. The van der Waals surface area contributed by atoms with Gasteiger partial charge in [0.05, 0.1) is 4.92 Å². The number of benzene rings is 2. The standard InChI is InChI=1S/C17H12Cl2N4O4S2/c18-11-6-5-10(12(19)7-11)9-28-17-22-21-16(29-17)20-15(24)8-27-14-4-2-1-3-13(14)23(25)26/h1-7H,8-9H2,(H,20,21,24). The van der Waals surface area contributed by atoms with Gasteiger partial charge in [0.15, 0.2) is 16.7 Å². The summed E-state index contributed by atoms with van der Waals surface area (Å²) in [4.78, 5) is 22.4. The highest BCUT2D eigenvalue weighted by molar-refractivity contribution is 8.00. The van der Waals surface area contributed by atoms with Crippen molar-refractivity contribution in [2.45, 2.75) is 10.1 Å². The lowest BCUT2D eigenvalue weighted by Gasteiger charge is -2.05. The van der Waals surface area contributed by atoms with Crippen LogP contribution in [0, 0.1) is 10.1 Å². The molecule has 0 saturated carbocycles. The summed E-state index contributed by atoms with van der Waals surface area (Å²) in [6.07, 6.45) is 0. The monoisotopic (exact) mass is 470 g/mol. The summed E-state index contributed by atoms with van der Waals surface area (Å²) in [5.74, 6) is 0.0805. The van der Waals surface area contributed by atoms with Gasteiger partial charge in [-0.3, -0.25) is 20.2 Å². The molecule has 3 aromatic rings. The first-order valence-corrected chi connectivity index (χ1v) is 10.5. The summed E-state index contributed by atoms with van der Waals surface area (Å²) in [7, 11) is 0. The van der Waals surface area contributed by atoms with E-state index in [0.29, 0.717) is 25.3 Å². The Hall–Kier alpha value is -2.40. The Kier molecular flexibility index (Phi) is 7.26. The molecule has 8 nitrogen and oxygen atoms in total. The van der Waals surface area contributed by atoms with Crippen LogP contribution in [-0.2, 0) is 10.5 Å². The quantitative estimate of drug-likeness (QED) is 0.212. The maximum absolute atomic E-state index is 12.0.